The van der Waals surface area contributed by atoms with Gasteiger partial charge in [0.05, 0.1) is 6.57 Å². The molecule has 1 N–H and O–H groups in total. The van der Waals surface area contributed by atoms with Crippen molar-refractivity contribution in [3.63, 3.8) is 0 Å². The van der Waals surface area contributed by atoms with Gasteiger partial charge in [-0.2, -0.15) is 0 Å². The van der Waals surface area contributed by atoms with Gasteiger partial charge in [-0.25, -0.2) is 4.85 Å². The first-order valence-corrected chi connectivity index (χ1v) is 15.9. The van der Waals surface area contributed by atoms with Crippen LogP contribution < -0.4 is 4.72 Å². The van der Waals surface area contributed by atoms with Crippen LogP contribution in [0, 0.1) is 51.4 Å². The van der Waals surface area contributed by atoms with Gasteiger partial charge in [-0.15, -0.1) is 0 Å². The average molecular weight is 535 g/mol. The molecule has 0 saturated heterocycles. The third-order valence-corrected chi connectivity index (χ3v) is 14.1. The van der Waals surface area contributed by atoms with Crippen LogP contribution in [0.3, 0.4) is 0 Å². The number of carbonyl (C=O) groups is 2. The van der Waals surface area contributed by atoms with Crippen LogP contribution in [-0.2, 0) is 9.59 Å². The third kappa shape index (κ3) is 3.44. The number of allylic oxidation sites excluding steroid dienone is 4. The summed E-state index contributed by atoms with van der Waals surface area (Å²) in [5.41, 5.74) is 0.434. The molecule has 0 aromatic heterocycles. The lowest BCUT2D eigenvalue weighted by Gasteiger charge is -2.69. The summed E-state index contributed by atoms with van der Waals surface area (Å²) in [7, 11) is 0. The molecule has 5 heteroatoms. The predicted octanol–water partition coefficient (Wildman–Crippen LogP) is 7.71. The minimum Gasteiger partial charge on any atom is -0.307 e. The zero-order valence-corrected chi connectivity index (χ0v) is 25.3. The van der Waals surface area contributed by atoms with E-state index in [0.29, 0.717) is 11.7 Å². The molecule has 4 nitrogen and oxygen atoms in total. The summed E-state index contributed by atoms with van der Waals surface area (Å²) in [6.45, 7) is 23.7. The number of rotatable bonds is 3. The highest BCUT2D eigenvalue weighted by Crippen LogP contribution is 2.73. The fourth-order valence-electron chi connectivity index (χ4n) is 10.2. The molecule has 0 radical (unpaired) electrons. The first kappa shape index (κ1) is 26.8. The number of hydrogen-bond donors (Lipinski definition) is 1. The van der Waals surface area contributed by atoms with Gasteiger partial charge in [-0.1, -0.05) is 72.1 Å². The highest BCUT2D eigenvalue weighted by molar-refractivity contribution is 7.98. The lowest BCUT2D eigenvalue weighted by atomic mass is 9.35. The van der Waals surface area contributed by atoms with Gasteiger partial charge in [0, 0.05) is 27.5 Å². The van der Waals surface area contributed by atoms with Crippen LogP contribution in [0.25, 0.3) is 4.85 Å². The minimum absolute atomic E-state index is 0.0135. The maximum Gasteiger partial charge on any atom is 0.226 e. The van der Waals surface area contributed by atoms with E-state index in [2.05, 4.69) is 44.2 Å². The van der Waals surface area contributed by atoms with Crippen molar-refractivity contribution in [3.05, 3.63) is 34.8 Å². The largest absolute Gasteiger partial charge is 0.307 e. The molecule has 6 rings (SSSR count). The zero-order chi connectivity index (χ0) is 27.5. The molecule has 0 bridgehead atoms. The Labute approximate surface area is 234 Å². The summed E-state index contributed by atoms with van der Waals surface area (Å²) < 4.78 is 4.04. The summed E-state index contributed by atoms with van der Waals surface area (Å²) in [5, 5.41) is 0.746. The second-order valence-electron chi connectivity index (χ2n) is 15.8. The number of ketones is 2. The first-order chi connectivity index (χ1) is 17.6. The molecule has 0 aromatic rings. The molecule has 0 amide bonds. The average Bonchev–Trinajstić information content (AvgIpc) is 3.67. The summed E-state index contributed by atoms with van der Waals surface area (Å²) in [4.78, 5) is 31.5. The maximum atomic E-state index is 14.5. The Morgan fingerprint density at radius 1 is 0.947 bits per heavy atom. The Hall–Kier alpha value is -1.38. The molecule has 4 saturated carbocycles. The molecular weight excluding hydrogens is 488 g/mol. The topological polar surface area (TPSA) is 50.5 Å². The summed E-state index contributed by atoms with van der Waals surface area (Å²) >= 11 is 1.96. The van der Waals surface area contributed by atoms with Gasteiger partial charge in [-0.3, -0.25) is 9.52 Å². The van der Waals surface area contributed by atoms with E-state index >= 15 is 0 Å². The van der Waals surface area contributed by atoms with Gasteiger partial charge in [0.2, 0.25) is 5.70 Å². The van der Waals surface area contributed by atoms with E-state index in [1.807, 2.05) is 37.9 Å². The van der Waals surface area contributed by atoms with Crippen molar-refractivity contribution in [1.82, 2.24) is 4.72 Å². The first-order valence-electron chi connectivity index (χ1n) is 15.0. The predicted molar refractivity (Wildman–Crippen MR) is 154 cm³/mol. The Morgan fingerprint density at radius 2 is 1.63 bits per heavy atom. The van der Waals surface area contributed by atoms with E-state index in [1.54, 1.807) is 0 Å². The van der Waals surface area contributed by atoms with Crippen molar-refractivity contribution in [3.8, 4) is 0 Å². The van der Waals surface area contributed by atoms with Crippen molar-refractivity contribution in [2.45, 2.75) is 117 Å². The molecule has 206 valence electrons. The van der Waals surface area contributed by atoms with Gasteiger partial charge in [0.15, 0.2) is 11.6 Å². The van der Waals surface area contributed by atoms with E-state index in [0.717, 1.165) is 43.8 Å². The molecular formula is C33H46N2O2S. The molecule has 6 aliphatic carbocycles. The zero-order valence-electron chi connectivity index (χ0n) is 24.5. The van der Waals surface area contributed by atoms with Crippen LogP contribution in [0.5, 0.6) is 0 Å². The van der Waals surface area contributed by atoms with Crippen LogP contribution in [0.15, 0.2) is 23.4 Å². The van der Waals surface area contributed by atoms with Crippen molar-refractivity contribution in [2.24, 2.45) is 44.8 Å². The van der Waals surface area contributed by atoms with Gasteiger partial charge in [0.25, 0.3) is 0 Å². The molecule has 0 spiro atoms. The second-order valence-corrected chi connectivity index (χ2v) is 16.9. The number of Topliss-reactive ketones (excluding diaryl/α,β-unsaturated/α-hetero) is 1. The van der Waals surface area contributed by atoms with E-state index in [9.17, 15) is 9.59 Å². The van der Waals surface area contributed by atoms with E-state index in [1.165, 1.54) is 24.8 Å². The van der Waals surface area contributed by atoms with E-state index in [4.69, 9.17) is 6.57 Å². The van der Waals surface area contributed by atoms with Crippen LogP contribution in [0.1, 0.15) is 106 Å². The standard InChI is InChI=1S/C33H46N2O2S/c1-28(2)13-15-33(35-38-20-9-10-20)16-14-32(7)26(21(33)18-28)23(36)17-25-30(5)19-22(34-8)27(37)29(3,4)24(30)11-12-31(25,32)6/h17,19-21,24,26,35H,9-16,18H2,1-7H3/t21?,24-,26?,30-,31+,32+,33-/m0/s1. The second kappa shape index (κ2) is 8.10. The highest BCUT2D eigenvalue weighted by Gasteiger charge is 2.69. The van der Waals surface area contributed by atoms with E-state index in [-0.39, 0.29) is 45.1 Å². The number of carbonyl (C=O) groups excluding carboxylic acids is 2. The Morgan fingerprint density at radius 3 is 2.29 bits per heavy atom. The number of nitrogens with zero attached hydrogens (tertiary/aromatic N) is 1. The van der Waals surface area contributed by atoms with Crippen molar-refractivity contribution in [1.29, 1.82) is 0 Å². The third-order valence-electron chi connectivity index (χ3n) is 12.8. The molecule has 2 unspecified atom stereocenters. The van der Waals surface area contributed by atoms with Crippen LogP contribution in [0.4, 0.5) is 0 Å². The minimum atomic E-state index is -0.606. The summed E-state index contributed by atoms with van der Waals surface area (Å²) in [6.07, 6.45) is 14.2. The molecule has 4 fully saturated rings. The van der Waals surface area contributed by atoms with Crippen LogP contribution in [0.2, 0.25) is 0 Å². The normalized spacial score (nSPS) is 46.9. The van der Waals surface area contributed by atoms with Crippen molar-refractivity contribution in [2.75, 3.05) is 0 Å². The Bertz CT molecular complexity index is 1200. The molecule has 0 aliphatic heterocycles. The maximum absolute atomic E-state index is 14.5. The lowest BCUT2D eigenvalue weighted by molar-refractivity contribution is -0.159. The van der Waals surface area contributed by atoms with Crippen molar-refractivity contribution >= 4 is 23.5 Å². The SMILES string of the molecule is [C-]#[N+]C1=C[C@]2(C)C3=CC(=O)C4C5CC(C)(C)CC[C@]5(NSC5CC5)CC[C@@]4(C)[C@]3(C)CC[C@H]2C(C)(C)C1=O. The molecule has 7 atom stereocenters. The van der Waals surface area contributed by atoms with Gasteiger partial charge in [-0.05, 0) is 91.9 Å². The van der Waals surface area contributed by atoms with Crippen LogP contribution in [-0.4, -0.2) is 22.4 Å². The fourth-order valence-corrected chi connectivity index (χ4v) is 11.3. The van der Waals surface area contributed by atoms with Gasteiger partial charge >= 0.3 is 0 Å². The Balaban J connectivity index is 1.48. The van der Waals surface area contributed by atoms with Gasteiger partial charge in [0.1, 0.15) is 0 Å². The van der Waals surface area contributed by atoms with Crippen LogP contribution >= 0.6 is 11.9 Å². The smallest absolute Gasteiger partial charge is 0.226 e. The van der Waals surface area contributed by atoms with Crippen molar-refractivity contribution < 1.29 is 9.59 Å². The number of fused-ring (bicyclic) bond motifs is 7. The Kier molecular flexibility index (Phi) is 5.71. The number of nitrogens with one attached hydrogen (secondary N) is 1. The summed E-state index contributed by atoms with van der Waals surface area (Å²) in [6, 6.07) is 0. The van der Waals surface area contributed by atoms with Gasteiger partial charge < -0.3 is 4.79 Å². The monoisotopic (exact) mass is 534 g/mol. The molecule has 6 aliphatic rings. The van der Waals surface area contributed by atoms with E-state index < -0.39 is 10.8 Å². The highest BCUT2D eigenvalue weighted by atomic mass is 32.2. The summed E-state index contributed by atoms with van der Waals surface area (Å²) in [5.74, 6) is 0.728. The molecule has 38 heavy (non-hydrogen) atoms. The quantitative estimate of drug-likeness (QED) is 0.298. The number of hydrogen-bond acceptors (Lipinski definition) is 4. The molecule has 0 heterocycles. The fraction of sp³-hybridized carbons (Fsp3) is 0.788. The lowest BCUT2D eigenvalue weighted by Crippen LogP contribution is -2.68. The molecule has 0 aromatic carbocycles.